The highest BCUT2D eigenvalue weighted by molar-refractivity contribution is 7.93. The van der Waals surface area contributed by atoms with E-state index < -0.39 is 26.5 Å². The maximum atomic E-state index is 13.8. The zero-order valence-electron chi connectivity index (χ0n) is 20.5. The molecule has 0 aromatic heterocycles. The van der Waals surface area contributed by atoms with Gasteiger partial charge in [-0.15, -0.1) is 5.92 Å². The average molecular weight is 500 g/mol. The van der Waals surface area contributed by atoms with Crippen LogP contribution in [0.15, 0.2) is 53.4 Å². The highest BCUT2D eigenvalue weighted by atomic mass is 32.2. The van der Waals surface area contributed by atoms with Crippen LogP contribution in [0.3, 0.4) is 0 Å². The third-order valence-electron chi connectivity index (χ3n) is 6.80. The van der Waals surface area contributed by atoms with Gasteiger partial charge in [-0.25, -0.2) is 8.42 Å². The number of carbonyl (C=O) groups is 1. The molecule has 0 amide bonds. The number of carboxylic acids is 1. The number of methoxy groups -OCH3 is 1. The zero-order valence-corrected chi connectivity index (χ0v) is 21.3. The number of ether oxygens (including phenoxy) is 2. The molecule has 188 valence electrons. The Hall–Kier alpha value is -3.02. The fourth-order valence-electron chi connectivity index (χ4n) is 4.80. The van der Waals surface area contributed by atoms with Crippen molar-refractivity contribution in [3.05, 3.63) is 54.1 Å². The molecule has 1 unspecified atom stereocenters. The molecule has 3 rings (SSSR count). The smallest absolute Gasteiger partial charge is 0.325 e. The van der Waals surface area contributed by atoms with Crippen LogP contribution < -0.4 is 9.47 Å². The SMILES string of the molecule is CC#CCOc1ccc(S(=O)(=O)C(CC)(C(=O)O)C2CCN(Cc3ccc(OC)cc3)CC2)cc1. The van der Waals surface area contributed by atoms with E-state index in [1.54, 1.807) is 33.1 Å². The third kappa shape index (κ3) is 5.63. The monoisotopic (exact) mass is 499 g/mol. The second-order valence-electron chi connectivity index (χ2n) is 8.64. The van der Waals surface area contributed by atoms with Gasteiger partial charge < -0.3 is 14.6 Å². The summed E-state index contributed by atoms with van der Waals surface area (Å²) in [6, 6.07) is 13.8. The summed E-state index contributed by atoms with van der Waals surface area (Å²) in [5, 5.41) is 10.3. The second kappa shape index (κ2) is 11.6. The highest BCUT2D eigenvalue weighted by Gasteiger charge is 2.56. The Morgan fingerprint density at radius 2 is 1.69 bits per heavy atom. The minimum Gasteiger partial charge on any atom is -0.497 e. The van der Waals surface area contributed by atoms with Crippen LogP contribution in [0.1, 0.15) is 38.7 Å². The topological polar surface area (TPSA) is 93.1 Å². The average Bonchev–Trinajstić information content (AvgIpc) is 2.86. The Labute approximate surface area is 208 Å². The number of benzene rings is 2. The van der Waals surface area contributed by atoms with Gasteiger partial charge in [-0.3, -0.25) is 9.69 Å². The first kappa shape index (κ1) is 26.6. The van der Waals surface area contributed by atoms with Crippen LogP contribution >= 0.6 is 0 Å². The standard InChI is InChI=1S/C27H33NO6S/c1-4-6-19-34-24-11-13-25(14-12-24)35(31,32)27(5-2,26(29)30)22-15-17-28(18-16-22)20-21-7-9-23(33-3)10-8-21/h7-14,22H,5,15-20H2,1-3H3,(H,29,30). The van der Waals surface area contributed by atoms with E-state index in [2.05, 4.69) is 16.7 Å². The molecule has 8 heteroatoms. The molecule has 2 aromatic rings. The summed E-state index contributed by atoms with van der Waals surface area (Å²) >= 11 is 0. The Morgan fingerprint density at radius 3 is 2.20 bits per heavy atom. The lowest BCUT2D eigenvalue weighted by atomic mass is 9.81. The van der Waals surface area contributed by atoms with Gasteiger partial charge in [0.15, 0.2) is 14.6 Å². The van der Waals surface area contributed by atoms with E-state index in [0.29, 0.717) is 31.7 Å². The van der Waals surface area contributed by atoms with Crippen LogP contribution in [-0.4, -0.2) is 55.9 Å². The minimum atomic E-state index is -4.15. The van der Waals surface area contributed by atoms with Gasteiger partial charge in [0.2, 0.25) is 0 Å². The Balaban J connectivity index is 1.77. The molecule has 0 spiro atoms. The van der Waals surface area contributed by atoms with Crippen LogP contribution in [0, 0.1) is 17.8 Å². The van der Waals surface area contributed by atoms with E-state index in [1.165, 1.54) is 12.1 Å². The molecule has 35 heavy (non-hydrogen) atoms. The molecule has 1 saturated heterocycles. The van der Waals surface area contributed by atoms with E-state index in [0.717, 1.165) is 17.9 Å². The van der Waals surface area contributed by atoms with Gasteiger partial charge in [0.05, 0.1) is 12.0 Å². The molecule has 0 aliphatic carbocycles. The van der Waals surface area contributed by atoms with E-state index >= 15 is 0 Å². The Morgan fingerprint density at radius 1 is 1.09 bits per heavy atom. The van der Waals surface area contributed by atoms with Crippen molar-refractivity contribution in [2.75, 3.05) is 26.8 Å². The van der Waals surface area contributed by atoms with Gasteiger partial charge in [-0.05, 0) is 87.2 Å². The van der Waals surface area contributed by atoms with Gasteiger partial charge in [-0.1, -0.05) is 25.0 Å². The predicted molar refractivity (Wildman–Crippen MR) is 134 cm³/mol. The lowest BCUT2D eigenvalue weighted by Gasteiger charge is -2.41. The highest BCUT2D eigenvalue weighted by Crippen LogP contribution is 2.41. The van der Waals surface area contributed by atoms with Crippen LogP contribution in [0.2, 0.25) is 0 Å². The lowest BCUT2D eigenvalue weighted by molar-refractivity contribution is -0.142. The molecule has 1 atom stereocenters. The van der Waals surface area contributed by atoms with Crippen molar-refractivity contribution >= 4 is 15.8 Å². The van der Waals surface area contributed by atoms with Crippen molar-refractivity contribution in [2.45, 2.75) is 49.3 Å². The molecule has 1 N–H and O–H groups in total. The first-order chi connectivity index (χ1) is 16.8. The fraction of sp³-hybridized carbons (Fsp3) is 0.444. The number of aliphatic carboxylic acids is 1. The number of rotatable bonds is 10. The van der Waals surface area contributed by atoms with Gasteiger partial charge >= 0.3 is 5.97 Å². The van der Waals surface area contributed by atoms with Crippen molar-refractivity contribution in [3.63, 3.8) is 0 Å². The molecule has 0 saturated carbocycles. The van der Waals surface area contributed by atoms with Crippen LogP contribution in [-0.2, 0) is 21.2 Å². The number of carboxylic acid groups (broad SMARTS) is 1. The van der Waals surface area contributed by atoms with E-state index in [1.807, 2.05) is 24.3 Å². The van der Waals surface area contributed by atoms with Gasteiger partial charge in [0.1, 0.15) is 18.1 Å². The number of piperidine rings is 1. The number of hydrogen-bond acceptors (Lipinski definition) is 6. The minimum absolute atomic E-state index is 0.00183. The summed E-state index contributed by atoms with van der Waals surface area (Å²) in [5.41, 5.74) is 1.13. The fourth-order valence-corrected chi connectivity index (χ4v) is 7.00. The van der Waals surface area contributed by atoms with Crippen molar-refractivity contribution in [1.29, 1.82) is 0 Å². The number of nitrogens with zero attached hydrogens (tertiary/aromatic N) is 1. The van der Waals surface area contributed by atoms with Crippen molar-refractivity contribution in [2.24, 2.45) is 5.92 Å². The molecular formula is C27H33NO6S. The quantitative estimate of drug-likeness (QED) is 0.494. The lowest BCUT2D eigenvalue weighted by Crippen LogP contribution is -2.55. The summed E-state index contributed by atoms with van der Waals surface area (Å²) in [4.78, 5) is 14.8. The molecule has 1 heterocycles. The maximum Gasteiger partial charge on any atom is 0.325 e. The van der Waals surface area contributed by atoms with E-state index in [4.69, 9.17) is 9.47 Å². The van der Waals surface area contributed by atoms with Gasteiger partial charge in [0.25, 0.3) is 0 Å². The van der Waals surface area contributed by atoms with Crippen molar-refractivity contribution in [3.8, 4) is 23.3 Å². The van der Waals surface area contributed by atoms with Crippen molar-refractivity contribution < 1.29 is 27.8 Å². The summed E-state index contributed by atoms with van der Waals surface area (Å²) in [7, 11) is -2.53. The Bertz CT molecular complexity index is 1160. The Kier molecular flexibility index (Phi) is 8.82. The molecule has 7 nitrogen and oxygen atoms in total. The van der Waals surface area contributed by atoms with Crippen molar-refractivity contribution in [1.82, 2.24) is 4.90 Å². The molecule has 1 aliphatic heterocycles. The molecule has 0 radical (unpaired) electrons. The number of hydrogen-bond donors (Lipinski definition) is 1. The maximum absolute atomic E-state index is 13.8. The third-order valence-corrected chi connectivity index (χ3v) is 9.45. The molecular weight excluding hydrogens is 466 g/mol. The normalized spacial score (nSPS) is 16.5. The second-order valence-corrected chi connectivity index (χ2v) is 10.8. The molecule has 1 fully saturated rings. The summed E-state index contributed by atoms with van der Waals surface area (Å²) < 4.78 is 36.3. The summed E-state index contributed by atoms with van der Waals surface area (Å²) in [6.07, 6.45) is 0.983. The number of sulfone groups is 1. The summed E-state index contributed by atoms with van der Waals surface area (Å²) in [6.45, 7) is 5.54. The van der Waals surface area contributed by atoms with E-state index in [9.17, 15) is 18.3 Å². The molecule has 2 aromatic carbocycles. The summed E-state index contributed by atoms with van der Waals surface area (Å²) in [5.74, 6) is 5.01. The van der Waals surface area contributed by atoms with Gasteiger partial charge in [-0.2, -0.15) is 0 Å². The van der Waals surface area contributed by atoms with Gasteiger partial charge in [0, 0.05) is 6.54 Å². The zero-order chi connectivity index (χ0) is 25.5. The predicted octanol–water partition coefficient (Wildman–Crippen LogP) is 4.02. The first-order valence-electron chi connectivity index (χ1n) is 11.7. The number of likely N-dealkylation sites (tertiary alicyclic amines) is 1. The van der Waals surface area contributed by atoms with Crippen LogP contribution in [0.5, 0.6) is 11.5 Å². The van der Waals surface area contributed by atoms with Crippen LogP contribution in [0.4, 0.5) is 0 Å². The molecule has 0 bridgehead atoms. The van der Waals surface area contributed by atoms with E-state index in [-0.39, 0.29) is 17.9 Å². The van der Waals surface area contributed by atoms with Crippen LogP contribution in [0.25, 0.3) is 0 Å². The molecule has 1 aliphatic rings. The largest absolute Gasteiger partial charge is 0.497 e. The first-order valence-corrected chi connectivity index (χ1v) is 13.2.